The van der Waals surface area contributed by atoms with Gasteiger partial charge in [-0.1, -0.05) is 72.8 Å². The molecular formula is C31H31N3O4S. The molecule has 4 N–H and O–H groups in total. The van der Waals surface area contributed by atoms with Crippen molar-refractivity contribution < 1.29 is 18.3 Å². The second kappa shape index (κ2) is 11.7. The Balaban J connectivity index is 1.23. The van der Waals surface area contributed by atoms with Gasteiger partial charge in [-0.2, -0.15) is 0 Å². The van der Waals surface area contributed by atoms with Crippen molar-refractivity contribution in [3.05, 3.63) is 109 Å². The molecule has 1 aromatic heterocycles. The monoisotopic (exact) mass is 541 g/mol. The maximum atomic E-state index is 11.5. The number of aromatic nitrogens is 1. The average molecular weight is 542 g/mol. The van der Waals surface area contributed by atoms with Crippen molar-refractivity contribution in [2.75, 3.05) is 30.7 Å². The molecule has 0 amide bonds. The van der Waals surface area contributed by atoms with Gasteiger partial charge in [-0.25, -0.2) is 8.42 Å². The summed E-state index contributed by atoms with van der Waals surface area (Å²) in [4.78, 5) is 3.60. The topological polar surface area (TPSA) is 103 Å². The Morgan fingerprint density at radius 2 is 1.59 bits per heavy atom. The summed E-state index contributed by atoms with van der Waals surface area (Å²) in [6, 6.07) is 33.5. The van der Waals surface area contributed by atoms with E-state index >= 15 is 0 Å². The van der Waals surface area contributed by atoms with Gasteiger partial charge in [-0.15, -0.1) is 0 Å². The van der Waals surface area contributed by atoms with Crippen molar-refractivity contribution in [2.45, 2.75) is 6.10 Å². The number of ether oxygens (including phenoxy) is 1. The van der Waals surface area contributed by atoms with Gasteiger partial charge in [0.25, 0.3) is 0 Å². The highest BCUT2D eigenvalue weighted by atomic mass is 32.2. The SMILES string of the molecule is CS(=O)(=O)Nc1cccc([C@@H](O)CNCCOc2ccc3c(-c4ccccc4)c(-c4ccccc4)[nH]c3c2)c1. The van der Waals surface area contributed by atoms with E-state index in [4.69, 9.17) is 4.74 Å². The molecule has 7 nitrogen and oxygen atoms in total. The van der Waals surface area contributed by atoms with Crippen LogP contribution < -0.4 is 14.8 Å². The lowest BCUT2D eigenvalue weighted by molar-refractivity contribution is 0.172. The molecule has 0 bridgehead atoms. The number of aliphatic hydroxyl groups is 1. The molecule has 1 atom stereocenters. The highest BCUT2D eigenvalue weighted by Gasteiger charge is 2.15. The van der Waals surface area contributed by atoms with Crippen molar-refractivity contribution in [1.29, 1.82) is 0 Å². The van der Waals surface area contributed by atoms with Gasteiger partial charge in [0.05, 0.1) is 23.6 Å². The number of aromatic amines is 1. The number of nitrogens with one attached hydrogen (secondary N) is 3. The van der Waals surface area contributed by atoms with E-state index in [-0.39, 0.29) is 0 Å². The lowest BCUT2D eigenvalue weighted by Crippen LogP contribution is -2.26. The summed E-state index contributed by atoms with van der Waals surface area (Å²) < 4.78 is 31.3. The number of anilines is 1. The first-order chi connectivity index (χ1) is 18.9. The highest BCUT2D eigenvalue weighted by molar-refractivity contribution is 7.92. The van der Waals surface area contributed by atoms with Crippen LogP contribution in [0.4, 0.5) is 5.69 Å². The zero-order chi connectivity index (χ0) is 27.2. The number of aliphatic hydroxyl groups excluding tert-OH is 1. The maximum Gasteiger partial charge on any atom is 0.229 e. The number of rotatable bonds is 11. The molecule has 0 aliphatic carbocycles. The van der Waals surface area contributed by atoms with Crippen molar-refractivity contribution >= 4 is 26.6 Å². The van der Waals surface area contributed by atoms with E-state index in [2.05, 4.69) is 45.4 Å². The molecular weight excluding hydrogens is 510 g/mol. The standard InChI is InChI=1S/C31H31N3O4S/c1-39(36,37)34-25-14-8-13-24(19-25)29(35)21-32-17-18-38-26-15-16-27-28(20-26)33-31(23-11-6-3-7-12-23)30(27)22-9-4-2-5-10-22/h2-16,19-20,29,32-35H,17-18,21H2,1H3/t29-/m0/s1. The number of sulfonamides is 1. The van der Waals surface area contributed by atoms with E-state index in [0.717, 1.165) is 45.3 Å². The molecule has 0 spiro atoms. The van der Waals surface area contributed by atoms with Gasteiger partial charge in [0.1, 0.15) is 12.4 Å². The minimum atomic E-state index is -3.38. The normalized spacial score (nSPS) is 12.4. The first-order valence-electron chi connectivity index (χ1n) is 12.7. The summed E-state index contributed by atoms with van der Waals surface area (Å²) in [5.74, 6) is 0.755. The largest absolute Gasteiger partial charge is 0.492 e. The smallest absolute Gasteiger partial charge is 0.229 e. The zero-order valence-corrected chi connectivity index (χ0v) is 22.4. The Labute approximate surface area is 228 Å². The molecule has 0 radical (unpaired) electrons. The lowest BCUT2D eigenvalue weighted by Gasteiger charge is -2.14. The summed E-state index contributed by atoms with van der Waals surface area (Å²) in [7, 11) is -3.38. The Kier molecular flexibility index (Phi) is 7.97. The van der Waals surface area contributed by atoms with Gasteiger partial charge in [0.15, 0.2) is 0 Å². The molecule has 0 saturated carbocycles. The number of H-pyrrole nitrogens is 1. The second-order valence-electron chi connectivity index (χ2n) is 9.38. The Hall–Kier alpha value is -4.11. The number of benzene rings is 4. The number of fused-ring (bicyclic) bond motifs is 1. The van der Waals surface area contributed by atoms with E-state index in [1.54, 1.807) is 24.3 Å². The molecule has 0 aliphatic heterocycles. The summed E-state index contributed by atoms with van der Waals surface area (Å²) in [5, 5.41) is 14.8. The van der Waals surface area contributed by atoms with Crippen LogP contribution in [0, 0.1) is 0 Å². The molecule has 4 aromatic carbocycles. The quantitative estimate of drug-likeness (QED) is 0.164. The van der Waals surface area contributed by atoms with E-state index in [0.29, 0.717) is 30.9 Å². The summed E-state index contributed by atoms with van der Waals surface area (Å²) in [6.45, 7) is 1.26. The molecule has 0 fully saturated rings. The van der Waals surface area contributed by atoms with Crippen LogP contribution in [0.3, 0.4) is 0 Å². The summed E-state index contributed by atoms with van der Waals surface area (Å²) >= 11 is 0. The number of hydrogen-bond acceptors (Lipinski definition) is 5. The summed E-state index contributed by atoms with van der Waals surface area (Å²) in [5.41, 5.74) is 6.54. The molecule has 5 rings (SSSR count). The van der Waals surface area contributed by atoms with Crippen LogP contribution in [-0.4, -0.2) is 44.5 Å². The van der Waals surface area contributed by atoms with E-state index in [1.165, 1.54) is 0 Å². The molecule has 0 aliphatic rings. The van der Waals surface area contributed by atoms with Crippen molar-refractivity contribution in [2.24, 2.45) is 0 Å². The molecule has 0 saturated heterocycles. The summed E-state index contributed by atoms with van der Waals surface area (Å²) in [6.07, 6.45) is 0.310. The predicted molar refractivity (Wildman–Crippen MR) is 157 cm³/mol. The maximum absolute atomic E-state index is 11.5. The van der Waals surface area contributed by atoms with Gasteiger partial charge in [-0.3, -0.25) is 4.72 Å². The Morgan fingerprint density at radius 1 is 0.872 bits per heavy atom. The van der Waals surface area contributed by atoms with Crippen LogP contribution in [0.5, 0.6) is 5.75 Å². The van der Waals surface area contributed by atoms with Crippen LogP contribution >= 0.6 is 0 Å². The fourth-order valence-electron chi connectivity index (χ4n) is 4.61. The molecule has 39 heavy (non-hydrogen) atoms. The van der Waals surface area contributed by atoms with Gasteiger partial charge < -0.3 is 20.1 Å². The molecule has 5 aromatic rings. The fourth-order valence-corrected chi connectivity index (χ4v) is 5.17. The van der Waals surface area contributed by atoms with Gasteiger partial charge in [0.2, 0.25) is 10.0 Å². The van der Waals surface area contributed by atoms with Crippen LogP contribution in [-0.2, 0) is 10.0 Å². The van der Waals surface area contributed by atoms with Crippen molar-refractivity contribution in [3.8, 4) is 28.1 Å². The Morgan fingerprint density at radius 3 is 2.31 bits per heavy atom. The first-order valence-corrected chi connectivity index (χ1v) is 14.6. The van der Waals surface area contributed by atoms with Crippen LogP contribution in [0.25, 0.3) is 33.3 Å². The third-order valence-electron chi connectivity index (χ3n) is 6.35. The third-order valence-corrected chi connectivity index (χ3v) is 6.96. The van der Waals surface area contributed by atoms with Crippen LogP contribution in [0.15, 0.2) is 103 Å². The molecule has 1 heterocycles. The third kappa shape index (κ3) is 6.67. The fraction of sp³-hybridized carbons (Fsp3) is 0.161. The van der Waals surface area contributed by atoms with E-state index in [9.17, 15) is 13.5 Å². The van der Waals surface area contributed by atoms with Gasteiger partial charge >= 0.3 is 0 Å². The lowest BCUT2D eigenvalue weighted by atomic mass is 9.98. The first kappa shape index (κ1) is 26.5. The number of hydrogen-bond donors (Lipinski definition) is 4. The van der Waals surface area contributed by atoms with E-state index < -0.39 is 16.1 Å². The van der Waals surface area contributed by atoms with Crippen molar-refractivity contribution in [1.82, 2.24) is 10.3 Å². The van der Waals surface area contributed by atoms with Crippen LogP contribution in [0.1, 0.15) is 11.7 Å². The minimum absolute atomic E-state index is 0.308. The molecule has 0 unspecified atom stereocenters. The zero-order valence-electron chi connectivity index (χ0n) is 21.6. The molecule has 8 heteroatoms. The Bertz CT molecular complexity index is 1650. The average Bonchev–Trinajstić information content (AvgIpc) is 3.32. The molecule has 200 valence electrons. The second-order valence-corrected chi connectivity index (χ2v) is 11.1. The predicted octanol–water partition coefficient (Wildman–Crippen LogP) is 5.58. The van der Waals surface area contributed by atoms with E-state index in [1.807, 2.05) is 48.5 Å². The minimum Gasteiger partial charge on any atom is -0.492 e. The highest BCUT2D eigenvalue weighted by Crippen LogP contribution is 2.39. The van der Waals surface area contributed by atoms with Gasteiger partial charge in [-0.05, 0) is 41.0 Å². The van der Waals surface area contributed by atoms with Crippen molar-refractivity contribution in [3.63, 3.8) is 0 Å². The van der Waals surface area contributed by atoms with Crippen LogP contribution in [0.2, 0.25) is 0 Å². The van der Waals surface area contributed by atoms with Gasteiger partial charge in [0, 0.05) is 35.8 Å².